The van der Waals surface area contributed by atoms with E-state index >= 15 is 0 Å². The second-order valence-corrected chi connectivity index (χ2v) is 2.96. The molecule has 0 aliphatic heterocycles. The number of hydrogen-bond donors (Lipinski definition) is 2. The van der Waals surface area contributed by atoms with Crippen molar-refractivity contribution in [2.45, 2.75) is 18.9 Å². The molecule has 1 heterocycles. The van der Waals surface area contributed by atoms with Crippen LogP contribution in [-0.4, -0.2) is 27.5 Å². The van der Waals surface area contributed by atoms with Crippen LogP contribution in [0.2, 0.25) is 0 Å². The summed E-state index contributed by atoms with van der Waals surface area (Å²) in [6.07, 6.45) is 4.62. The van der Waals surface area contributed by atoms with Crippen LogP contribution < -0.4 is 5.73 Å². The summed E-state index contributed by atoms with van der Waals surface area (Å²) < 4.78 is 1.73. The van der Waals surface area contributed by atoms with Crippen molar-refractivity contribution in [1.29, 1.82) is 0 Å². The molecule has 0 radical (unpaired) electrons. The molecule has 1 unspecified atom stereocenters. The van der Waals surface area contributed by atoms with E-state index < -0.39 is 0 Å². The van der Waals surface area contributed by atoms with Gasteiger partial charge in [0.05, 0.1) is 12.3 Å². The zero-order chi connectivity index (χ0) is 8.97. The van der Waals surface area contributed by atoms with Crippen LogP contribution in [0.5, 0.6) is 0 Å². The quantitative estimate of drug-likeness (QED) is 0.649. The highest BCUT2D eigenvalue weighted by Gasteiger charge is 2.05. The summed E-state index contributed by atoms with van der Waals surface area (Å²) in [5, 5.41) is 13.4. The zero-order valence-corrected chi connectivity index (χ0v) is 7.27. The third-order valence-corrected chi connectivity index (χ3v) is 1.73. The summed E-state index contributed by atoms with van der Waals surface area (Å²) in [6, 6.07) is 0. The van der Waals surface area contributed by atoms with Gasteiger partial charge in [0.1, 0.15) is 0 Å². The second kappa shape index (κ2) is 4.23. The van der Waals surface area contributed by atoms with Gasteiger partial charge >= 0.3 is 0 Å². The number of nitrogens with two attached hydrogens (primary N) is 1. The molecule has 12 heavy (non-hydrogen) atoms. The zero-order valence-electron chi connectivity index (χ0n) is 7.27. The van der Waals surface area contributed by atoms with Crippen molar-refractivity contribution < 1.29 is 5.11 Å². The molecule has 1 aromatic rings. The predicted molar refractivity (Wildman–Crippen MR) is 46.6 cm³/mol. The lowest BCUT2D eigenvalue weighted by Crippen LogP contribution is -2.15. The van der Waals surface area contributed by atoms with Crippen LogP contribution in [0.1, 0.15) is 12.0 Å². The Morgan fingerprint density at radius 1 is 1.75 bits per heavy atom. The van der Waals surface area contributed by atoms with Crippen LogP contribution >= 0.6 is 0 Å². The van der Waals surface area contributed by atoms with Gasteiger partial charge in [-0.1, -0.05) is 0 Å². The van der Waals surface area contributed by atoms with Crippen molar-refractivity contribution in [3.8, 4) is 0 Å². The van der Waals surface area contributed by atoms with E-state index in [0.717, 1.165) is 5.56 Å². The first-order valence-corrected chi connectivity index (χ1v) is 4.08. The molecule has 0 aromatic carbocycles. The van der Waals surface area contributed by atoms with E-state index in [9.17, 15) is 5.11 Å². The average molecular weight is 169 g/mol. The summed E-state index contributed by atoms with van der Waals surface area (Å²) in [6.45, 7) is 0.529. The predicted octanol–water partition coefficient (Wildman–Crippen LogP) is -0.328. The molecule has 1 rings (SSSR count). The molecular weight excluding hydrogens is 154 g/mol. The molecule has 4 nitrogen and oxygen atoms in total. The maximum Gasteiger partial charge on any atom is 0.0593 e. The lowest BCUT2D eigenvalue weighted by molar-refractivity contribution is 0.167. The van der Waals surface area contributed by atoms with Crippen molar-refractivity contribution in [2.24, 2.45) is 12.8 Å². The minimum absolute atomic E-state index is 0.334. The fraction of sp³-hybridized carbons (Fsp3) is 0.625. The van der Waals surface area contributed by atoms with Gasteiger partial charge in [0.15, 0.2) is 0 Å². The summed E-state index contributed by atoms with van der Waals surface area (Å²) in [5.74, 6) is 0. The fourth-order valence-electron chi connectivity index (χ4n) is 1.14. The van der Waals surface area contributed by atoms with Crippen molar-refractivity contribution in [3.05, 3.63) is 18.0 Å². The van der Waals surface area contributed by atoms with Crippen molar-refractivity contribution in [3.63, 3.8) is 0 Å². The SMILES string of the molecule is Cn1cc(CC(O)CCN)cn1. The van der Waals surface area contributed by atoms with Gasteiger partial charge in [-0.3, -0.25) is 4.68 Å². The Morgan fingerprint density at radius 2 is 2.50 bits per heavy atom. The third-order valence-electron chi connectivity index (χ3n) is 1.73. The molecule has 0 aliphatic carbocycles. The highest BCUT2D eigenvalue weighted by molar-refractivity contribution is 5.04. The monoisotopic (exact) mass is 169 g/mol. The number of nitrogens with zero attached hydrogens (tertiary/aromatic N) is 2. The smallest absolute Gasteiger partial charge is 0.0593 e. The molecule has 4 heteroatoms. The topological polar surface area (TPSA) is 64.1 Å². The molecule has 0 saturated carbocycles. The van der Waals surface area contributed by atoms with Crippen molar-refractivity contribution in [1.82, 2.24) is 9.78 Å². The van der Waals surface area contributed by atoms with Crippen LogP contribution in [0.25, 0.3) is 0 Å². The Bertz CT molecular complexity index is 234. The van der Waals surface area contributed by atoms with Crippen LogP contribution in [0.4, 0.5) is 0 Å². The second-order valence-electron chi connectivity index (χ2n) is 2.96. The van der Waals surface area contributed by atoms with Gasteiger partial charge in [0.2, 0.25) is 0 Å². The first kappa shape index (κ1) is 9.22. The van der Waals surface area contributed by atoms with E-state index in [2.05, 4.69) is 5.10 Å². The Morgan fingerprint density at radius 3 is 3.00 bits per heavy atom. The Hall–Kier alpha value is -0.870. The minimum atomic E-state index is -0.334. The van der Waals surface area contributed by atoms with E-state index in [-0.39, 0.29) is 6.10 Å². The van der Waals surface area contributed by atoms with Crippen LogP contribution in [-0.2, 0) is 13.5 Å². The first-order chi connectivity index (χ1) is 5.72. The number of hydrogen-bond acceptors (Lipinski definition) is 3. The summed E-state index contributed by atoms with van der Waals surface area (Å²) in [4.78, 5) is 0. The third kappa shape index (κ3) is 2.64. The fourth-order valence-corrected chi connectivity index (χ4v) is 1.14. The Labute approximate surface area is 72.0 Å². The first-order valence-electron chi connectivity index (χ1n) is 4.08. The van der Waals surface area contributed by atoms with Gasteiger partial charge in [-0.15, -0.1) is 0 Å². The number of aryl methyl sites for hydroxylation is 1. The molecule has 0 bridgehead atoms. The van der Waals surface area contributed by atoms with Gasteiger partial charge in [-0.25, -0.2) is 0 Å². The largest absolute Gasteiger partial charge is 0.393 e. The van der Waals surface area contributed by atoms with Crippen LogP contribution in [0, 0.1) is 0 Å². The van der Waals surface area contributed by atoms with Crippen molar-refractivity contribution in [2.75, 3.05) is 6.54 Å². The molecule has 1 aromatic heterocycles. The molecule has 0 amide bonds. The van der Waals surface area contributed by atoms with E-state index in [1.165, 1.54) is 0 Å². The lowest BCUT2D eigenvalue weighted by atomic mass is 10.1. The number of rotatable bonds is 4. The molecule has 3 N–H and O–H groups in total. The molecule has 0 aliphatic rings. The van der Waals surface area contributed by atoms with Crippen LogP contribution in [0.3, 0.4) is 0 Å². The van der Waals surface area contributed by atoms with Gasteiger partial charge in [0, 0.05) is 19.7 Å². The van der Waals surface area contributed by atoms with E-state index in [4.69, 9.17) is 5.73 Å². The molecule has 0 spiro atoms. The Balaban J connectivity index is 2.41. The molecular formula is C8H15N3O. The number of aromatic nitrogens is 2. The standard InChI is InChI=1S/C8H15N3O/c1-11-6-7(5-10-11)4-8(12)2-3-9/h5-6,8,12H,2-4,9H2,1H3. The molecule has 0 saturated heterocycles. The minimum Gasteiger partial charge on any atom is -0.393 e. The van der Waals surface area contributed by atoms with E-state index in [1.807, 2.05) is 13.2 Å². The number of aliphatic hydroxyl groups is 1. The van der Waals surface area contributed by atoms with Crippen LogP contribution in [0.15, 0.2) is 12.4 Å². The maximum atomic E-state index is 9.39. The lowest BCUT2D eigenvalue weighted by Gasteiger charge is -2.05. The molecule has 0 fully saturated rings. The van der Waals surface area contributed by atoms with E-state index in [1.54, 1.807) is 10.9 Å². The maximum absolute atomic E-state index is 9.39. The van der Waals surface area contributed by atoms with Gasteiger partial charge in [0.25, 0.3) is 0 Å². The van der Waals surface area contributed by atoms with Gasteiger partial charge in [-0.2, -0.15) is 5.10 Å². The number of aliphatic hydroxyl groups excluding tert-OH is 1. The summed E-state index contributed by atoms with van der Waals surface area (Å²) >= 11 is 0. The average Bonchev–Trinajstić information content (AvgIpc) is 2.36. The summed E-state index contributed by atoms with van der Waals surface area (Å²) in [5.41, 5.74) is 6.36. The molecule has 1 atom stereocenters. The highest BCUT2D eigenvalue weighted by Crippen LogP contribution is 2.03. The highest BCUT2D eigenvalue weighted by atomic mass is 16.3. The summed E-state index contributed by atoms with van der Waals surface area (Å²) in [7, 11) is 1.86. The Kier molecular flexibility index (Phi) is 3.25. The normalized spacial score (nSPS) is 13.2. The van der Waals surface area contributed by atoms with Gasteiger partial charge < -0.3 is 10.8 Å². The van der Waals surface area contributed by atoms with Crippen molar-refractivity contribution >= 4 is 0 Å². The van der Waals surface area contributed by atoms with E-state index in [0.29, 0.717) is 19.4 Å². The molecule has 68 valence electrons. The van der Waals surface area contributed by atoms with Gasteiger partial charge in [-0.05, 0) is 18.5 Å².